The van der Waals surface area contributed by atoms with Crippen LogP contribution in [0.2, 0.25) is 0 Å². The van der Waals surface area contributed by atoms with Gasteiger partial charge in [-0.25, -0.2) is 0 Å². The van der Waals surface area contributed by atoms with Crippen molar-refractivity contribution in [2.75, 3.05) is 19.7 Å². The second-order valence-electron chi connectivity index (χ2n) is 3.35. The lowest BCUT2D eigenvalue weighted by molar-refractivity contribution is 0.218. The lowest BCUT2D eigenvalue weighted by Crippen LogP contribution is -2.14. The van der Waals surface area contributed by atoms with Crippen molar-refractivity contribution in [3.63, 3.8) is 0 Å². The molecule has 0 aromatic carbocycles. The van der Waals surface area contributed by atoms with E-state index in [1.807, 2.05) is 12.1 Å². The molecule has 2 heterocycles. The van der Waals surface area contributed by atoms with Crippen molar-refractivity contribution in [2.45, 2.75) is 5.92 Å². The minimum atomic E-state index is 0.218. The van der Waals surface area contributed by atoms with Crippen molar-refractivity contribution in [1.82, 2.24) is 5.32 Å². The van der Waals surface area contributed by atoms with Crippen LogP contribution in [0.5, 0.6) is 0 Å². The first-order valence-corrected chi connectivity index (χ1v) is 5.17. The summed E-state index contributed by atoms with van der Waals surface area (Å²) >= 11 is 3.27. The Morgan fingerprint density at radius 3 is 3.00 bits per heavy atom. The van der Waals surface area contributed by atoms with Gasteiger partial charge >= 0.3 is 0 Å². The Balaban J connectivity index is 2.15. The van der Waals surface area contributed by atoms with Gasteiger partial charge in [-0.1, -0.05) is 0 Å². The van der Waals surface area contributed by atoms with Gasteiger partial charge in [0.05, 0.1) is 0 Å². The molecule has 72 valence electrons. The van der Waals surface area contributed by atoms with Crippen LogP contribution in [0.25, 0.3) is 0 Å². The largest absolute Gasteiger partial charge is 0.454 e. The maximum Gasteiger partial charge on any atom is 0.169 e. The van der Waals surface area contributed by atoms with Gasteiger partial charge in [0, 0.05) is 31.5 Å². The Hall–Kier alpha value is -0.320. The lowest BCUT2D eigenvalue weighted by Gasteiger charge is -2.12. The SMILES string of the molecule is OC[C@H]1CNC[C@@H]1c1ccc(Br)o1. The molecule has 0 spiro atoms. The second-order valence-corrected chi connectivity index (χ2v) is 4.13. The molecule has 1 fully saturated rings. The molecule has 3 nitrogen and oxygen atoms in total. The van der Waals surface area contributed by atoms with E-state index < -0.39 is 0 Å². The highest BCUT2D eigenvalue weighted by Gasteiger charge is 2.29. The van der Waals surface area contributed by atoms with Crippen molar-refractivity contribution in [2.24, 2.45) is 5.92 Å². The minimum Gasteiger partial charge on any atom is -0.454 e. The average molecular weight is 246 g/mol. The summed E-state index contributed by atoms with van der Waals surface area (Å²) in [6, 6.07) is 3.85. The van der Waals surface area contributed by atoms with Crippen LogP contribution in [-0.4, -0.2) is 24.8 Å². The fourth-order valence-electron chi connectivity index (χ4n) is 1.79. The van der Waals surface area contributed by atoms with E-state index >= 15 is 0 Å². The Morgan fingerprint density at radius 2 is 2.38 bits per heavy atom. The van der Waals surface area contributed by atoms with E-state index in [9.17, 15) is 0 Å². The number of furan rings is 1. The van der Waals surface area contributed by atoms with E-state index in [-0.39, 0.29) is 12.5 Å². The third-order valence-electron chi connectivity index (χ3n) is 2.53. The van der Waals surface area contributed by atoms with E-state index in [4.69, 9.17) is 9.52 Å². The molecule has 4 heteroatoms. The topological polar surface area (TPSA) is 45.4 Å². The van der Waals surface area contributed by atoms with Crippen molar-refractivity contribution < 1.29 is 9.52 Å². The number of aliphatic hydroxyl groups is 1. The summed E-state index contributed by atoms with van der Waals surface area (Å²) in [6.07, 6.45) is 0. The quantitative estimate of drug-likeness (QED) is 0.827. The summed E-state index contributed by atoms with van der Waals surface area (Å²) in [7, 11) is 0. The molecule has 0 saturated carbocycles. The summed E-state index contributed by atoms with van der Waals surface area (Å²) in [4.78, 5) is 0. The average Bonchev–Trinajstić information content (AvgIpc) is 2.71. The van der Waals surface area contributed by atoms with Gasteiger partial charge in [0.15, 0.2) is 4.67 Å². The number of hydrogen-bond acceptors (Lipinski definition) is 3. The van der Waals surface area contributed by atoms with Crippen LogP contribution < -0.4 is 5.32 Å². The maximum absolute atomic E-state index is 9.11. The first-order valence-electron chi connectivity index (χ1n) is 4.38. The smallest absolute Gasteiger partial charge is 0.169 e. The number of rotatable bonds is 2. The molecule has 1 aromatic rings. The van der Waals surface area contributed by atoms with Gasteiger partial charge in [0.2, 0.25) is 0 Å². The van der Waals surface area contributed by atoms with Gasteiger partial charge in [-0.3, -0.25) is 0 Å². The highest BCUT2D eigenvalue weighted by Crippen LogP contribution is 2.30. The highest BCUT2D eigenvalue weighted by molar-refractivity contribution is 9.10. The number of nitrogens with one attached hydrogen (secondary N) is 1. The second kappa shape index (κ2) is 3.82. The molecular formula is C9H12BrNO2. The van der Waals surface area contributed by atoms with E-state index in [0.29, 0.717) is 5.92 Å². The van der Waals surface area contributed by atoms with Gasteiger partial charge in [0.1, 0.15) is 5.76 Å². The predicted octanol–water partition coefficient (Wildman–Crippen LogP) is 1.34. The molecule has 0 radical (unpaired) electrons. The van der Waals surface area contributed by atoms with E-state index in [1.165, 1.54) is 0 Å². The van der Waals surface area contributed by atoms with Crippen LogP contribution in [0.1, 0.15) is 11.7 Å². The van der Waals surface area contributed by atoms with Crippen LogP contribution in [0.15, 0.2) is 21.2 Å². The minimum absolute atomic E-state index is 0.218. The summed E-state index contributed by atoms with van der Waals surface area (Å²) < 4.78 is 6.22. The fraction of sp³-hybridized carbons (Fsp3) is 0.556. The van der Waals surface area contributed by atoms with Crippen LogP contribution in [0.3, 0.4) is 0 Å². The van der Waals surface area contributed by atoms with Crippen molar-refractivity contribution in [3.8, 4) is 0 Å². The molecule has 2 rings (SSSR count). The van der Waals surface area contributed by atoms with Crippen LogP contribution in [-0.2, 0) is 0 Å². The highest BCUT2D eigenvalue weighted by atomic mass is 79.9. The van der Waals surface area contributed by atoms with Gasteiger partial charge < -0.3 is 14.8 Å². The van der Waals surface area contributed by atoms with Crippen molar-refractivity contribution >= 4 is 15.9 Å². The fourth-order valence-corrected chi connectivity index (χ4v) is 2.10. The molecular weight excluding hydrogens is 234 g/mol. The van der Waals surface area contributed by atoms with E-state index in [2.05, 4.69) is 21.2 Å². The third kappa shape index (κ3) is 1.80. The summed E-state index contributed by atoms with van der Waals surface area (Å²) in [5, 5.41) is 12.4. The molecule has 0 unspecified atom stereocenters. The zero-order valence-corrected chi connectivity index (χ0v) is 8.75. The molecule has 0 aliphatic carbocycles. The number of hydrogen-bond donors (Lipinski definition) is 2. The molecule has 1 aliphatic heterocycles. The zero-order valence-electron chi connectivity index (χ0n) is 7.16. The molecule has 1 aliphatic rings. The first-order chi connectivity index (χ1) is 6.31. The normalized spacial score (nSPS) is 28.2. The van der Waals surface area contributed by atoms with Crippen molar-refractivity contribution in [1.29, 1.82) is 0 Å². The van der Waals surface area contributed by atoms with Crippen LogP contribution >= 0.6 is 15.9 Å². The standard InChI is InChI=1S/C9H12BrNO2/c10-9-2-1-8(13-9)7-4-11-3-6(7)5-12/h1-2,6-7,11-12H,3-5H2/t6-,7+/m1/s1. The summed E-state index contributed by atoms with van der Waals surface area (Å²) in [5.41, 5.74) is 0. The third-order valence-corrected chi connectivity index (χ3v) is 2.96. The molecule has 0 bridgehead atoms. The summed E-state index contributed by atoms with van der Waals surface area (Å²) in [6.45, 7) is 1.99. The Kier molecular flexibility index (Phi) is 2.71. The van der Waals surface area contributed by atoms with Gasteiger partial charge in [-0.15, -0.1) is 0 Å². The molecule has 1 saturated heterocycles. The first kappa shape index (κ1) is 9.24. The molecule has 13 heavy (non-hydrogen) atoms. The van der Waals surface area contributed by atoms with Crippen molar-refractivity contribution in [3.05, 3.63) is 22.6 Å². The molecule has 2 N–H and O–H groups in total. The van der Waals surface area contributed by atoms with Gasteiger partial charge in [-0.2, -0.15) is 0 Å². The van der Waals surface area contributed by atoms with Crippen LogP contribution in [0.4, 0.5) is 0 Å². The van der Waals surface area contributed by atoms with E-state index in [1.54, 1.807) is 0 Å². The summed E-state index contributed by atoms with van der Waals surface area (Å²) in [5.74, 6) is 1.56. The Bertz CT molecular complexity index is 287. The lowest BCUT2D eigenvalue weighted by atomic mass is 9.95. The zero-order chi connectivity index (χ0) is 9.26. The molecule has 2 atom stereocenters. The monoisotopic (exact) mass is 245 g/mol. The predicted molar refractivity (Wildman–Crippen MR) is 52.6 cm³/mol. The van der Waals surface area contributed by atoms with Gasteiger partial charge in [0.25, 0.3) is 0 Å². The van der Waals surface area contributed by atoms with Gasteiger partial charge in [-0.05, 0) is 28.1 Å². The Labute approximate surface area is 85.3 Å². The molecule has 0 amide bonds. The Morgan fingerprint density at radius 1 is 1.54 bits per heavy atom. The number of halogens is 1. The van der Waals surface area contributed by atoms with E-state index in [0.717, 1.165) is 23.5 Å². The molecule has 1 aromatic heterocycles. The number of aliphatic hydroxyl groups excluding tert-OH is 1. The van der Waals surface area contributed by atoms with Crippen LogP contribution in [0, 0.1) is 5.92 Å². The maximum atomic E-state index is 9.11.